The standard InChI is InChI=1S/C24H34N4OS/c1-20-8-6-7-11-22(20)18-28-15-12-23(13-16-28)27-24(25-2)26-14-17-30(29)19-21-9-4-3-5-10-21/h3-11,23H,12-19H2,1-2H3,(H2,25,26,27). The number of rotatable bonds is 8. The van der Waals surface area contributed by atoms with Crippen molar-refractivity contribution < 1.29 is 4.21 Å². The summed E-state index contributed by atoms with van der Waals surface area (Å²) in [4.78, 5) is 6.87. The van der Waals surface area contributed by atoms with E-state index in [0.29, 0.717) is 24.1 Å². The number of hydrogen-bond acceptors (Lipinski definition) is 3. The molecule has 0 bridgehead atoms. The molecule has 1 saturated heterocycles. The minimum absolute atomic E-state index is 0.430. The molecule has 1 heterocycles. The van der Waals surface area contributed by atoms with Gasteiger partial charge in [0.05, 0.1) is 0 Å². The van der Waals surface area contributed by atoms with Gasteiger partial charge in [-0.05, 0) is 36.5 Å². The van der Waals surface area contributed by atoms with Crippen LogP contribution in [-0.4, -0.2) is 53.5 Å². The van der Waals surface area contributed by atoms with Crippen molar-refractivity contribution in [3.05, 3.63) is 71.3 Å². The first-order chi connectivity index (χ1) is 14.6. The molecule has 1 aliphatic rings. The van der Waals surface area contributed by atoms with E-state index in [4.69, 9.17) is 0 Å². The molecule has 2 aromatic carbocycles. The van der Waals surface area contributed by atoms with Crippen molar-refractivity contribution in [2.75, 3.05) is 32.4 Å². The van der Waals surface area contributed by atoms with Gasteiger partial charge < -0.3 is 10.6 Å². The van der Waals surface area contributed by atoms with Crippen molar-refractivity contribution >= 4 is 16.8 Å². The summed E-state index contributed by atoms with van der Waals surface area (Å²) < 4.78 is 12.3. The Balaban J connectivity index is 1.35. The maximum Gasteiger partial charge on any atom is 0.191 e. The van der Waals surface area contributed by atoms with E-state index in [0.717, 1.165) is 44.0 Å². The SMILES string of the molecule is CN=C(NCCS(=O)Cc1ccccc1)NC1CCN(Cc2ccccc2C)CC1. The highest BCUT2D eigenvalue weighted by molar-refractivity contribution is 7.84. The third-order valence-corrected chi connectivity index (χ3v) is 6.91. The van der Waals surface area contributed by atoms with E-state index >= 15 is 0 Å². The predicted molar refractivity (Wildman–Crippen MR) is 127 cm³/mol. The number of hydrogen-bond donors (Lipinski definition) is 2. The van der Waals surface area contributed by atoms with Crippen LogP contribution in [0.15, 0.2) is 59.6 Å². The van der Waals surface area contributed by atoms with Crippen molar-refractivity contribution in [2.45, 2.75) is 38.1 Å². The zero-order chi connectivity index (χ0) is 21.2. The number of likely N-dealkylation sites (tertiary alicyclic amines) is 1. The molecule has 0 aromatic heterocycles. The Morgan fingerprint density at radius 1 is 1.10 bits per heavy atom. The van der Waals surface area contributed by atoms with Gasteiger partial charge in [0, 0.05) is 61.6 Å². The van der Waals surface area contributed by atoms with Crippen molar-refractivity contribution in [3.63, 3.8) is 0 Å². The Labute approximate surface area is 183 Å². The summed E-state index contributed by atoms with van der Waals surface area (Å²) >= 11 is 0. The number of nitrogens with zero attached hydrogens (tertiary/aromatic N) is 2. The molecule has 2 aromatic rings. The minimum atomic E-state index is -0.874. The number of benzene rings is 2. The quantitative estimate of drug-likeness (QED) is 0.503. The van der Waals surface area contributed by atoms with E-state index in [-0.39, 0.29) is 0 Å². The van der Waals surface area contributed by atoms with Gasteiger partial charge in [0.15, 0.2) is 5.96 Å². The molecule has 1 unspecified atom stereocenters. The maximum absolute atomic E-state index is 12.3. The van der Waals surface area contributed by atoms with Crippen LogP contribution in [-0.2, 0) is 23.1 Å². The van der Waals surface area contributed by atoms with Crippen molar-refractivity contribution in [1.82, 2.24) is 15.5 Å². The molecule has 5 nitrogen and oxygen atoms in total. The Kier molecular flexibility index (Phi) is 8.90. The highest BCUT2D eigenvalue weighted by Gasteiger charge is 2.20. The molecule has 1 aliphatic heterocycles. The van der Waals surface area contributed by atoms with E-state index in [9.17, 15) is 4.21 Å². The highest BCUT2D eigenvalue weighted by Crippen LogP contribution is 2.16. The van der Waals surface area contributed by atoms with Crippen LogP contribution in [0.25, 0.3) is 0 Å². The van der Waals surface area contributed by atoms with E-state index < -0.39 is 10.8 Å². The molecule has 6 heteroatoms. The summed E-state index contributed by atoms with van der Waals surface area (Å²) in [5, 5.41) is 6.86. The van der Waals surface area contributed by atoms with Crippen molar-refractivity contribution in [1.29, 1.82) is 0 Å². The molecule has 2 N–H and O–H groups in total. The van der Waals surface area contributed by atoms with E-state index in [2.05, 4.69) is 51.7 Å². The van der Waals surface area contributed by atoms with Crippen LogP contribution in [0.2, 0.25) is 0 Å². The molecule has 30 heavy (non-hydrogen) atoms. The number of piperidine rings is 1. The summed E-state index contributed by atoms with van der Waals surface area (Å²) in [7, 11) is 0.921. The summed E-state index contributed by atoms with van der Waals surface area (Å²) in [5.41, 5.74) is 3.91. The lowest BCUT2D eigenvalue weighted by Crippen LogP contribution is -2.49. The molecule has 1 atom stereocenters. The molecule has 0 amide bonds. The number of aliphatic imine (C=N–C) groups is 1. The van der Waals surface area contributed by atoms with Crippen LogP contribution < -0.4 is 10.6 Å². The lowest BCUT2D eigenvalue weighted by molar-refractivity contribution is 0.198. The van der Waals surface area contributed by atoms with Gasteiger partial charge in [0.1, 0.15) is 0 Å². The fourth-order valence-corrected chi connectivity index (χ4v) is 4.81. The van der Waals surface area contributed by atoms with Crippen LogP contribution in [0.3, 0.4) is 0 Å². The lowest BCUT2D eigenvalue weighted by Gasteiger charge is -2.33. The summed E-state index contributed by atoms with van der Waals surface area (Å²) in [5.74, 6) is 2.03. The second kappa shape index (κ2) is 11.9. The molecule has 162 valence electrons. The van der Waals surface area contributed by atoms with Gasteiger partial charge in [-0.25, -0.2) is 0 Å². The second-order valence-corrected chi connectivity index (χ2v) is 9.47. The van der Waals surface area contributed by atoms with Crippen LogP contribution in [0, 0.1) is 6.92 Å². The zero-order valence-corrected chi connectivity index (χ0v) is 19.0. The zero-order valence-electron chi connectivity index (χ0n) is 18.1. The molecule has 3 rings (SSSR count). The third kappa shape index (κ3) is 7.26. The average Bonchev–Trinajstić information content (AvgIpc) is 2.76. The van der Waals surface area contributed by atoms with Gasteiger partial charge in [-0.3, -0.25) is 14.1 Å². The topological polar surface area (TPSA) is 56.7 Å². The van der Waals surface area contributed by atoms with Crippen LogP contribution in [0.5, 0.6) is 0 Å². The average molecular weight is 427 g/mol. The minimum Gasteiger partial charge on any atom is -0.355 e. The van der Waals surface area contributed by atoms with Gasteiger partial charge in [0.2, 0.25) is 0 Å². The Bertz CT molecular complexity index is 832. The van der Waals surface area contributed by atoms with E-state index in [1.54, 1.807) is 7.05 Å². The van der Waals surface area contributed by atoms with Gasteiger partial charge >= 0.3 is 0 Å². The predicted octanol–water partition coefficient (Wildman–Crippen LogP) is 3.07. The van der Waals surface area contributed by atoms with Crippen LogP contribution >= 0.6 is 0 Å². The molecule has 1 fully saturated rings. The first kappa shape index (κ1) is 22.5. The van der Waals surface area contributed by atoms with Gasteiger partial charge in [-0.2, -0.15) is 0 Å². The number of nitrogens with one attached hydrogen (secondary N) is 2. The number of aryl methyl sites for hydroxylation is 1. The summed E-state index contributed by atoms with van der Waals surface area (Å²) in [6.07, 6.45) is 2.21. The number of guanidine groups is 1. The molecular weight excluding hydrogens is 392 g/mol. The second-order valence-electron chi connectivity index (χ2n) is 7.89. The monoisotopic (exact) mass is 426 g/mol. The molecule has 0 spiro atoms. The summed E-state index contributed by atoms with van der Waals surface area (Å²) in [6, 6.07) is 19.1. The fraction of sp³-hybridized carbons (Fsp3) is 0.458. The molecule has 0 aliphatic carbocycles. The van der Waals surface area contributed by atoms with Crippen LogP contribution in [0.4, 0.5) is 0 Å². The van der Waals surface area contributed by atoms with Gasteiger partial charge in [0.25, 0.3) is 0 Å². The fourth-order valence-electron chi connectivity index (χ4n) is 3.77. The Morgan fingerprint density at radius 2 is 1.80 bits per heavy atom. The molecular formula is C24H34N4OS. The van der Waals surface area contributed by atoms with Gasteiger partial charge in [-0.1, -0.05) is 54.6 Å². The largest absolute Gasteiger partial charge is 0.355 e. The molecule has 0 saturated carbocycles. The Morgan fingerprint density at radius 3 is 2.50 bits per heavy atom. The van der Waals surface area contributed by atoms with Crippen molar-refractivity contribution in [3.8, 4) is 0 Å². The van der Waals surface area contributed by atoms with Crippen LogP contribution in [0.1, 0.15) is 29.5 Å². The lowest BCUT2D eigenvalue weighted by atomic mass is 10.0. The van der Waals surface area contributed by atoms with Crippen molar-refractivity contribution in [2.24, 2.45) is 4.99 Å². The van der Waals surface area contributed by atoms with E-state index in [1.807, 2.05) is 30.3 Å². The Hall–Kier alpha value is -2.18. The first-order valence-corrected chi connectivity index (χ1v) is 12.3. The summed E-state index contributed by atoms with van der Waals surface area (Å²) in [6.45, 7) is 6.05. The van der Waals surface area contributed by atoms with E-state index in [1.165, 1.54) is 11.1 Å². The van der Waals surface area contributed by atoms with Gasteiger partial charge in [-0.15, -0.1) is 0 Å². The first-order valence-electron chi connectivity index (χ1n) is 10.8. The maximum atomic E-state index is 12.3. The smallest absolute Gasteiger partial charge is 0.191 e. The highest BCUT2D eigenvalue weighted by atomic mass is 32.2. The third-order valence-electron chi connectivity index (χ3n) is 5.60. The normalized spacial score (nSPS) is 16.9. The molecule has 0 radical (unpaired) electrons.